The second kappa shape index (κ2) is 53.9. The third-order valence-electron chi connectivity index (χ3n) is 21.7. The Balaban J connectivity index is 0.900. The molecule has 1 fully saturated rings. The lowest BCUT2D eigenvalue weighted by Crippen LogP contribution is -2.51. The summed E-state index contributed by atoms with van der Waals surface area (Å²) in [4.78, 5) is 184. The van der Waals surface area contributed by atoms with Crippen LogP contribution in [0.15, 0.2) is 103 Å². The molecule has 5 aromatic rings. The Kier molecular flexibility index (Phi) is 43.2. The van der Waals surface area contributed by atoms with E-state index in [1.165, 1.54) is 30.3 Å². The van der Waals surface area contributed by atoms with Gasteiger partial charge in [-0.3, -0.25) is 62.6 Å². The lowest BCUT2D eigenvalue weighted by Gasteiger charge is -2.33. The molecule has 0 radical (unpaired) electrons. The minimum Gasteiger partial charge on any atom is -0.508 e. The highest BCUT2D eigenvalue weighted by molar-refractivity contribution is 7.80. The molecule has 1 aliphatic heterocycles. The van der Waals surface area contributed by atoms with E-state index in [2.05, 4.69) is 47.9 Å². The number of rotatable bonds is 56. The Morgan fingerprint density at radius 2 is 0.866 bits per heavy atom. The van der Waals surface area contributed by atoms with Gasteiger partial charge < -0.3 is 104 Å². The fraction of sp³-hybridized carbons (Fsp3) is 0.489. The average molecular weight is 1790 g/mol. The smallest absolute Gasteiger partial charge is 0.336 e. The summed E-state index contributed by atoms with van der Waals surface area (Å²) in [5.74, 6) is -11.3. The summed E-state index contributed by atoms with van der Waals surface area (Å²) in [6.07, 6.45) is 4.89. The Morgan fingerprint density at radius 1 is 0.425 bits per heavy atom. The van der Waals surface area contributed by atoms with Crippen molar-refractivity contribution in [3.63, 3.8) is 0 Å². The number of nitrogens with one attached hydrogen (secondary N) is 9. The number of anilines is 2. The Bertz CT molecular complexity index is 4540. The fourth-order valence-electron chi connectivity index (χ4n) is 15.0. The van der Waals surface area contributed by atoms with Gasteiger partial charge >= 0.3 is 47.8 Å². The van der Waals surface area contributed by atoms with E-state index in [-0.39, 0.29) is 220 Å². The van der Waals surface area contributed by atoms with Crippen LogP contribution in [0.2, 0.25) is 0 Å². The topological polar surface area (TPSA) is 546 Å². The number of fused-ring (bicyclic) bond motifs is 2. The minimum atomic E-state index is -1.56. The number of phenolic OH excluding ortho intramolecular Hbond substituents is 2. The summed E-state index contributed by atoms with van der Waals surface area (Å²) in [5.41, 5.74) is 5.75. The lowest BCUT2D eigenvalue weighted by atomic mass is 9.73. The third kappa shape index (κ3) is 38.2. The van der Waals surface area contributed by atoms with Crippen molar-refractivity contribution in [2.24, 2.45) is 0 Å². The zero-order valence-corrected chi connectivity index (χ0v) is 71.8. The van der Waals surface area contributed by atoms with E-state index >= 15 is 0 Å². The van der Waals surface area contributed by atoms with Crippen molar-refractivity contribution in [1.82, 2.24) is 61.7 Å². The van der Waals surface area contributed by atoms with Crippen LogP contribution in [-0.2, 0) is 70.4 Å². The first-order valence-electron chi connectivity index (χ1n) is 42.6. The van der Waals surface area contributed by atoms with Gasteiger partial charge in [0.15, 0.2) is 0 Å². The van der Waals surface area contributed by atoms with Crippen molar-refractivity contribution in [3.8, 4) is 11.5 Å². The molecule has 1 aliphatic carbocycles. The molecule has 0 bridgehead atoms. The number of thiocarbonyl (C=S) groups is 1. The maximum Gasteiger partial charge on any atom is 0.336 e. The molecule has 2 aliphatic rings. The summed E-state index contributed by atoms with van der Waals surface area (Å²) >= 11 is 5.74. The number of amides is 8. The first kappa shape index (κ1) is 102. The largest absolute Gasteiger partial charge is 0.508 e. The standard InChI is InChI=1S/C88H117FN14O23S/c89-61-16-20-63(21-17-61)96-78(111)32-41-100(39-30-75(108)92-34-8-3-5-11-73(106)90-35-9-6-10-71(86(122)123)97-88(126)98-72(87(124)125)27-28-79(112)113)43-42-99(40-31-76(109)93-36-37-94-84(127)58-15-24-69(70(52-58)85(120)121)83-67-25-22-65(104)50-59(67)49-60-51-66(105)23-26-68(60)83)38-29-74(107)91-33-7-2-1-4-12-77(110)95-62-18-13-57(14-19-62)48-64-53-102(55-81(116)117)45-44-101(54-80(114)115)46-47-103(64)56-82(118)119/h13-26,50-52,64,71-72,83,104-105H,1-12,27-49,53-56H2,(H,90,106)(H,91,107)(H,92,108)(H,93,109)(H,94,127)(H,95,110)(H,96,111)(H,112,113)(H,114,115)(H,116,117)(H,118,119)(H,120,121)(H,122,123)(H,124,125)(H2,97,98,126). The lowest BCUT2D eigenvalue weighted by molar-refractivity contribution is -0.141. The van der Waals surface area contributed by atoms with Gasteiger partial charge in [-0.05, 0) is 164 Å². The van der Waals surface area contributed by atoms with Gasteiger partial charge in [0.2, 0.25) is 35.4 Å². The molecule has 3 atom stereocenters. The van der Waals surface area contributed by atoms with Crippen LogP contribution in [0, 0.1) is 5.82 Å². The highest BCUT2D eigenvalue weighted by Crippen LogP contribution is 2.44. The summed E-state index contributed by atoms with van der Waals surface area (Å²) in [6, 6.07) is 22.6. The molecular formula is C88H117FN14O23S. The summed E-state index contributed by atoms with van der Waals surface area (Å²) < 4.78 is 13.8. The normalized spacial score (nSPS) is 14.1. The van der Waals surface area contributed by atoms with Crippen LogP contribution in [0.4, 0.5) is 20.6 Å². The molecule has 0 aromatic heterocycles. The van der Waals surface area contributed by atoms with Crippen LogP contribution in [0.1, 0.15) is 171 Å². The summed E-state index contributed by atoms with van der Waals surface area (Å²) in [5, 5.41) is 113. The second-order valence-corrected chi connectivity index (χ2v) is 31.9. The number of unbranched alkanes of at least 4 members (excludes halogenated alkanes) is 6. The first-order valence-corrected chi connectivity index (χ1v) is 43.0. The number of carbonyl (C=O) groups is 14. The molecule has 690 valence electrons. The first-order chi connectivity index (χ1) is 60.7. The van der Waals surface area contributed by atoms with E-state index < -0.39 is 90.5 Å². The van der Waals surface area contributed by atoms with Crippen LogP contribution in [0.3, 0.4) is 0 Å². The Morgan fingerprint density at radius 3 is 1.39 bits per heavy atom. The van der Waals surface area contributed by atoms with Crippen LogP contribution in [0.25, 0.3) is 0 Å². The van der Waals surface area contributed by atoms with Crippen LogP contribution in [-0.4, -0.2) is 301 Å². The molecule has 18 N–H and O–H groups in total. The summed E-state index contributed by atoms with van der Waals surface area (Å²) in [6.45, 7) is 2.73. The number of aliphatic carboxylic acids is 6. The van der Waals surface area contributed by atoms with Crippen molar-refractivity contribution in [2.45, 2.75) is 152 Å². The van der Waals surface area contributed by atoms with E-state index in [1.807, 2.05) is 21.9 Å². The number of phenols is 2. The number of hydrogen-bond acceptors (Lipinski definition) is 22. The molecule has 0 spiro atoms. The maximum absolute atomic E-state index is 13.8. The fourth-order valence-corrected chi connectivity index (χ4v) is 15.2. The highest BCUT2D eigenvalue weighted by Gasteiger charge is 2.33. The molecule has 0 saturated carbocycles. The molecule has 8 amide bonds. The van der Waals surface area contributed by atoms with Gasteiger partial charge in [0.05, 0.1) is 25.2 Å². The van der Waals surface area contributed by atoms with Crippen LogP contribution < -0.4 is 47.9 Å². The molecule has 1 heterocycles. The summed E-state index contributed by atoms with van der Waals surface area (Å²) in [7, 11) is 0. The Hall–Kier alpha value is -12.3. The number of urea groups is 1. The number of carboxylic acid groups (broad SMARTS) is 7. The molecule has 37 nitrogen and oxygen atoms in total. The number of aromatic hydroxyl groups is 2. The van der Waals surface area contributed by atoms with Gasteiger partial charge in [-0.2, -0.15) is 0 Å². The number of halogens is 1. The van der Waals surface area contributed by atoms with Crippen LogP contribution in [0.5, 0.6) is 11.5 Å². The molecular weight excluding hydrogens is 1670 g/mol. The predicted molar refractivity (Wildman–Crippen MR) is 468 cm³/mol. The van der Waals surface area contributed by atoms with Crippen molar-refractivity contribution >= 4 is 112 Å². The number of carboxylic acids is 7. The van der Waals surface area contributed by atoms with Crippen molar-refractivity contribution in [2.75, 3.05) is 135 Å². The molecule has 5 aromatic carbocycles. The second-order valence-electron chi connectivity index (χ2n) is 31.4. The van der Waals surface area contributed by atoms with Gasteiger partial charge in [0, 0.05) is 179 Å². The molecule has 127 heavy (non-hydrogen) atoms. The van der Waals surface area contributed by atoms with Crippen LogP contribution >= 0.6 is 12.2 Å². The van der Waals surface area contributed by atoms with Crippen molar-refractivity contribution in [3.05, 3.63) is 153 Å². The van der Waals surface area contributed by atoms with Crippen molar-refractivity contribution < 1.29 is 117 Å². The van der Waals surface area contributed by atoms with Gasteiger partial charge in [-0.25, -0.2) is 23.6 Å². The highest BCUT2D eigenvalue weighted by atomic mass is 32.1. The number of benzene rings is 5. The predicted octanol–water partition coefficient (Wildman–Crippen LogP) is 5.03. The maximum atomic E-state index is 13.8. The monoisotopic (exact) mass is 1790 g/mol. The third-order valence-corrected chi connectivity index (χ3v) is 22.0. The van der Waals surface area contributed by atoms with E-state index in [4.69, 9.17) is 17.3 Å². The molecule has 3 unspecified atom stereocenters. The zero-order chi connectivity index (χ0) is 92.3. The molecule has 7 rings (SSSR count). The quantitative estimate of drug-likeness (QED) is 0.0176. The molecule has 39 heteroatoms. The Labute approximate surface area is 739 Å². The van der Waals surface area contributed by atoms with Gasteiger partial charge in [0.25, 0.3) is 0 Å². The van der Waals surface area contributed by atoms with E-state index in [0.717, 1.165) is 27.8 Å². The SMILES string of the molecule is O=C(O)CCC(NC(=O)NC(CCCCNC(=O)CCCCCNC(=O)CCN(CCC(=O)Nc1ccc(F)cc1)CCN(CCC(=O)NCCCCCCC(=O)Nc1ccc(CC2CN(CC(=O)O)CCN(CC(=O)O)CCN2CC(=O)O)cc1)CCC(=O)NCCNC(=S)c1ccc(C2c3ccc(O)cc3Cc3cc(O)ccc32)c(C(=O)O)c1)C(=O)O)C(=O)O. The minimum absolute atomic E-state index is 0.0110. The number of aromatic carboxylic acids is 1. The van der Waals surface area contributed by atoms with E-state index in [1.54, 1.807) is 75.4 Å². The number of nitrogens with zero attached hydrogens (tertiary/aromatic N) is 5. The van der Waals surface area contributed by atoms with Gasteiger partial charge in [-0.15, -0.1) is 0 Å². The van der Waals surface area contributed by atoms with E-state index in [0.29, 0.717) is 99.8 Å². The van der Waals surface area contributed by atoms with Gasteiger partial charge in [0.1, 0.15) is 34.4 Å². The average Bonchev–Trinajstić information content (AvgIpc) is 0.872. The van der Waals surface area contributed by atoms with Crippen molar-refractivity contribution in [1.29, 1.82) is 0 Å². The zero-order valence-electron chi connectivity index (χ0n) is 71.0. The number of hydrogen-bond donors (Lipinski definition) is 18. The molecule has 1 saturated heterocycles. The number of carbonyl (C=O) groups excluding carboxylic acids is 7. The van der Waals surface area contributed by atoms with E-state index in [9.17, 15) is 112 Å². The van der Waals surface area contributed by atoms with Gasteiger partial charge in [-0.1, -0.05) is 67.9 Å².